The molecule has 0 unspecified atom stereocenters. The van der Waals surface area contributed by atoms with Gasteiger partial charge in [0.25, 0.3) is 0 Å². The number of esters is 1. The Morgan fingerprint density at radius 2 is 2.11 bits per heavy atom. The van der Waals surface area contributed by atoms with Crippen LogP contribution in [0.5, 0.6) is 0 Å². The van der Waals surface area contributed by atoms with Crippen molar-refractivity contribution in [2.24, 2.45) is 16.5 Å². The maximum absolute atomic E-state index is 11.6. The van der Waals surface area contributed by atoms with Gasteiger partial charge in [-0.05, 0) is 19.8 Å². The summed E-state index contributed by atoms with van der Waals surface area (Å²) in [6.07, 6.45) is 0.212. The van der Waals surface area contributed by atoms with Crippen LogP contribution >= 0.6 is 7.60 Å². The minimum Gasteiger partial charge on any atom is -0.465 e. The molecular weight excluding hydrogens is 275 g/mol. The fraction of sp³-hybridized carbons (Fsp3) is 0.778. The molecule has 19 heavy (non-hydrogen) atoms. The van der Waals surface area contributed by atoms with Gasteiger partial charge in [0.15, 0.2) is 5.96 Å². The van der Waals surface area contributed by atoms with E-state index in [-0.39, 0.29) is 12.6 Å². The first-order valence-electron chi connectivity index (χ1n) is 5.76. The number of hydrogen-bond acceptors (Lipinski definition) is 5. The van der Waals surface area contributed by atoms with Crippen molar-refractivity contribution in [2.75, 3.05) is 19.4 Å². The number of nitrogens with two attached hydrogens (primary N) is 2. The molecule has 0 aliphatic rings. The molecule has 0 heterocycles. The van der Waals surface area contributed by atoms with Crippen LogP contribution < -0.4 is 16.8 Å². The maximum Gasteiger partial charge on any atom is 0.339 e. The van der Waals surface area contributed by atoms with Crippen LogP contribution in [0.2, 0.25) is 0 Å². The highest BCUT2D eigenvalue weighted by Crippen LogP contribution is 2.32. The second-order valence-electron chi connectivity index (χ2n) is 3.78. The van der Waals surface area contributed by atoms with Crippen LogP contribution in [-0.4, -0.2) is 47.2 Å². The molecule has 0 amide bonds. The SMILES string of the molecule is CCOC(=O)[C@H](CCCN=C(N)N)NCP(=O)(O)O. The average molecular weight is 296 g/mol. The molecule has 0 radical (unpaired) electrons. The monoisotopic (exact) mass is 296 g/mol. The van der Waals surface area contributed by atoms with E-state index in [9.17, 15) is 9.36 Å². The number of aliphatic imine (C=N–C) groups is 1. The molecule has 0 saturated carbocycles. The van der Waals surface area contributed by atoms with E-state index in [4.69, 9.17) is 26.0 Å². The van der Waals surface area contributed by atoms with Crippen LogP contribution in [0.4, 0.5) is 0 Å². The first-order valence-corrected chi connectivity index (χ1v) is 7.56. The molecule has 0 saturated heterocycles. The van der Waals surface area contributed by atoms with E-state index in [1.54, 1.807) is 6.92 Å². The molecule has 0 aliphatic heterocycles. The van der Waals surface area contributed by atoms with Gasteiger partial charge in [-0.15, -0.1) is 0 Å². The van der Waals surface area contributed by atoms with Crippen molar-refractivity contribution < 1.29 is 23.9 Å². The second kappa shape index (κ2) is 8.87. The van der Waals surface area contributed by atoms with Gasteiger partial charge < -0.3 is 26.0 Å². The second-order valence-corrected chi connectivity index (χ2v) is 5.43. The summed E-state index contributed by atoms with van der Waals surface area (Å²) in [6, 6.07) is -0.790. The molecule has 0 aromatic rings. The normalized spacial score (nSPS) is 12.8. The van der Waals surface area contributed by atoms with Gasteiger partial charge in [0.05, 0.1) is 12.9 Å². The van der Waals surface area contributed by atoms with Crippen LogP contribution in [0.3, 0.4) is 0 Å². The quantitative estimate of drug-likeness (QED) is 0.115. The molecule has 10 heteroatoms. The van der Waals surface area contributed by atoms with E-state index >= 15 is 0 Å². The molecular formula is C9H21N4O5P. The Labute approximate surface area is 111 Å². The minimum absolute atomic E-state index is 0.0455. The highest BCUT2D eigenvalue weighted by molar-refractivity contribution is 7.51. The third-order valence-electron chi connectivity index (χ3n) is 2.06. The molecule has 0 spiro atoms. The van der Waals surface area contributed by atoms with Gasteiger partial charge in [0.2, 0.25) is 0 Å². The Kier molecular flexibility index (Phi) is 8.33. The molecule has 1 atom stereocenters. The van der Waals surface area contributed by atoms with E-state index in [1.165, 1.54) is 0 Å². The fourth-order valence-corrected chi connectivity index (χ4v) is 1.74. The third-order valence-corrected chi connectivity index (χ3v) is 2.65. The molecule has 9 nitrogen and oxygen atoms in total. The van der Waals surface area contributed by atoms with Crippen LogP contribution in [0.1, 0.15) is 19.8 Å². The molecule has 0 bridgehead atoms. The standard InChI is InChI=1S/C9H21N4O5P/c1-2-18-8(14)7(13-6-19(15,16)17)4-3-5-12-9(10)11/h7,13H,2-6H2,1H3,(H4,10,11,12)(H2,15,16,17)/t7-/m0/s1. The third kappa shape index (κ3) is 10.5. The zero-order chi connectivity index (χ0) is 14.9. The predicted octanol–water partition coefficient (Wildman–Crippen LogP) is -1.30. The lowest BCUT2D eigenvalue weighted by atomic mass is 10.1. The van der Waals surface area contributed by atoms with Gasteiger partial charge in [0, 0.05) is 6.54 Å². The zero-order valence-electron chi connectivity index (χ0n) is 10.8. The molecule has 0 aromatic heterocycles. The summed E-state index contributed by atoms with van der Waals surface area (Å²) >= 11 is 0. The Balaban J connectivity index is 4.30. The van der Waals surface area contributed by atoms with Crippen molar-refractivity contribution in [3.63, 3.8) is 0 Å². The summed E-state index contributed by atoms with van der Waals surface area (Å²) in [5.74, 6) is -0.600. The zero-order valence-corrected chi connectivity index (χ0v) is 11.7. The van der Waals surface area contributed by atoms with E-state index in [1.807, 2.05) is 0 Å². The summed E-state index contributed by atoms with van der Waals surface area (Å²) in [5, 5.41) is 2.48. The van der Waals surface area contributed by atoms with E-state index in [0.717, 1.165) is 0 Å². The number of hydrogen-bond donors (Lipinski definition) is 5. The van der Waals surface area contributed by atoms with Crippen LogP contribution in [0.25, 0.3) is 0 Å². The average Bonchev–Trinajstić information content (AvgIpc) is 2.26. The van der Waals surface area contributed by atoms with Crippen molar-refractivity contribution in [2.45, 2.75) is 25.8 Å². The number of carbonyl (C=O) groups excluding carboxylic acids is 1. The van der Waals surface area contributed by atoms with Crippen molar-refractivity contribution in [1.29, 1.82) is 0 Å². The minimum atomic E-state index is -4.22. The maximum atomic E-state index is 11.6. The lowest BCUT2D eigenvalue weighted by Crippen LogP contribution is -2.38. The summed E-state index contributed by atoms with van der Waals surface area (Å²) in [5.41, 5.74) is 10.3. The van der Waals surface area contributed by atoms with Gasteiger partial charge >= 0.3 is 13.6 Å². The number of nitrogens with one attached hydrogen (secondary N) is 1. The number of rotatable bonds is 9. The van der Waals surface area contributed by atoms with Crippen molar-refractivity contribution in [3.8, 4) is 0 Å². The smallest absolute Gasteiger partial charge is 0.339 e. The van der Waals surface area contributed by atoms with Gasteiger partial charge in [-0.2, -0.15) is 0 Å². The highest BCUT2D eigenvalue weighted by atomic mass is 31.2. The van der Waals surface area contributed by atoms with E-state index in [0.29, 0.717) is 19.4 Å². The van der Waals surface area contributed by atoms with E-state index in [2.05, 4.69) is 10.3 Å². The largest absolute Gasteiger partial charge is 0.465 e. The first kappa shape index (κ1) is 17.8. The van der Waals surface area contributed by atoms with Crippen LogP contribution in [-0.2, 0) is 14.1 Å². The van der Waals surface area contributed by atoms with Gasteiger partial charge in [-0.25, -0.2) is 0 Å². The van der Waals surface area contributed by atoms with Crippen LogP contribution in [0, 0.1) is 0 Å². The molecule has 7 N–H and O–H groups in total. The summed E-state index contributed by atoms with van der Waals surface area (Å²) in [6.45, 7) is 2.17. The topological polar surface area (TPSA) is 160 Å². The summed E-state index contributed by atoms with van der Waals surface area (Å²) in [4.78, 5) is 32.8. The van der Waals surface area contributed by atoms with Crippen LogP contribution in [0.15, 0.2) is 4.99 Å². The predicted molar refractivity (Wildman–Crippen MR) is 70.4 cm³/mol. The molecule has 0 rings (SSSR count). The van der Waals surface area contributed by atoms with E-state index < -0.39 is 25.9 Å². The Morgan fingerprint density at radius 1 is 1.47 bits per heavy atom. The fourth-order valence-electron chi connectivity index (χ4n) is 1.28. The number of guanidine groups is 1. The lowest BCUT2D eigenvalue weighted by Gasteiger charge is -2.17. The van der Waals surface area contributed by atoms with Crippen molar-refractivity contribution >= 4 is 19.5 Å². The number of ether oxygens (including phenoxy) is 1. The molecule has 112 valence electrons. The summed E-state index contributed by atoms with van der Waals surface area (Å²) in [7, 11) is -4.22. The Bertz CT molecular complexity index is 353. The molecule has 0 aromatic carbocycles. The van der Waals surface area contributed by atoms with Crippen molar-refractivity contribution in [3.05, 3.63) is 0 Å². The van der Waals surface area contributed by atoms with Gasteiger partial charge in [-0.1, -0.05) is 0 Å². The molecule has 0 fully saturated rings. The Hall–Kier alpha value is -1.15. The number of carbonyl (C=O) groups is 1. The summed E-state index contributed by atoms with van der Waals surface area (Å²) < 4.78 is 15.6. The Morgan fingerprint density at radius 3 is 2.58 bits per heavy atom. The highest BCUT2D eigenvalue weighted by Gasteiger charge is 2.22. The van der Waals surface area contributed by atoms with Gasteiger partial charge in [0.1, 0.15) is 6.04 Å². The van der Waals surface area contributed by atoms with Crippen molar-refractivity contribution in [1.82, 2.24) is 5.32 Å². The molecule has 0 aliphatic carbocycles. The number of nitrogens with zero attached hydrogens (tertiary/aromatic N) is 1. The lowest BCUT2D eigenvalue weighted by molar-refractivity contribution is -0.145. The first-order chi connectivity index (χ1) is 8.76. The van der Waals surface area contributed by atoms with Gasteiger partial charge in [-0.3, -0.25) is 19.7 Å².